The van der Waals surface area contributed by atoms with E-state index in [0.29, 0.717) is 5.91 Å². The number of hydrogen-bond acceptors (Lipinski definition) is 1. The number of unbranched alkanes of at least 4 members (excludes halogenated alkanes) is 1. The molecule has 0 aromatic carbocycles. The lowest BCUT2D eigenvalue weighted by Gasteiger charge is -2.23. The Morgan fingerprint density at radius 1 is 1.27 bits per heavy atom. The van der Waals surface area contributed by atoms with Crippen LogP contribution >= 0.6 is 15.9 Å². The van der Waals surface area contributed by atoms with Crippen molar-refractivity contribution in [2.24, 2.45) is 0 Å². The van der Waals surface area contributed by atoms with E-state index in [-0.39, 0.29) is 4.83 Å². The highest BCUT2D eigenvalue weighted by Gasteiger charge is 2.21. The fourth-order valence-electron chi connectivity index (χ4n) is 2.00. The molecule has 0 aromatic heterocycles. The molecule has 1 atom stereocenters. The van der Waals surface area contributed by atoms with E-state index in [2.05, 4.69) is 22.9 Å². The Balaban J connectivity index is 2.35. The average molecular weight is 276 g/mol. The van der Waals surface area contributed by atoms with Gasteiger partial charge in [0.2, 0.25) is 5.91 Å². The van der Waals surface area contributed by atoms with Crippen molar-refractivity contribution in [1.82, 2.24) is 4.90 Å². The van der Waals surface area contributed by atoms with Crippen molar-refractivity contribution in [2.75, 3.05) is 13.1 Å². The second-order valence-corrected chi connectivity index (χ2v) is 5.45. The number of amides is 1. The second kappa shape index (κ2) is 7.26. The summed E-state index contributed by atoms with van der Waals surface area (Å²) in [5, 5.41) is 0. The van der Waals surface area contributed by atoms with E-state index in [1.54, 1.807) is 0 Å². The maximum Gasteiger partial charge on any atom is 0.236 e. The van der Waals surface area contributed by atoms with Gasteiger partial charge in [-0.15, -0.1) is 0 Å². The van der Waals surface area contributed by atoms with E-state index in [0.717, 1.165) is 32.4 Å². The fourth-order valence-corrected chi connectivity index (χ4v) is 2.61. The first-order chi connectivity index (χ1) is 7.25. The molecule has 0 spiro atoms. The first-order valence-corrected chi connectivity index (χ1v) is 7.10. The van der Waals surface area contributed by atoms with Gasteiger partial charge in [-0.05, 0) is 19.3 Å². The molecular formula is C12H22BrNO. The molecular weight excluding hydrogens is 254 g/mol. The van der Waals surface area contributed by atoms with Gasteiger partial charge in [-0.3, -0.25) is 4.79 Å². The number of carbonyl (C=O) groups excluding carboxylic acids is 1. The van der Waals surface area contributed by atoms with Crippen molar-refractivity contribution < 1.29 is 4.79 Å². The standard InChI is InChI=1S/C12H22BrNO/c1-2-3-8-11(13)12(15)14-9-6-4-5-7-10-14/h11H,2-10H2,1H3. The molecule has 3 heteroatoms. The lowest BCUT2D eigenvalue weighted by atomic mass is 10.2. The summed E-state index contributed by atoms with van der Waals surface area (Å²) >= 11 is 3.51. The summed E-state index contributed by atoms with van der Waals surface area (Å²) in [6.07, 6.45) is 8.20. The molecule has 0 aromatic rings. The maximum atomic E-state index is 12.0. The van der Waals surface area contributed by atoms with E-state index in [1.165, 1.54) is 25.7 Å². The molecule has 0 saturated carbocycles. The van der Waals surface area contributed by atoms with Crippen LogP contribution in [0.3, 0.4) is 0 Å². The number of nitrogens with zero attached hydrogens (tertiary/aromatic N) is 1. The molecule has 1 aliphatic rings. The highest BCUT2D eigenvalue weighted by molar-refractivity contribution is 9.10. The van der Waals surface area contributed by atoms with E-state index < -0.39 is 0 Å². The Morgan fingerprint density at radius 2 is 1.87 bits per heavy atom. The fraction of sp³-hybridized carbons (Fsp3) is 0.917. The Labute approximate surface area is 102 Å². The van der Waals surface area contributed by atoms with Crippen molar-refractivity contribution in [1.29, 1.82) is 0 Å². The van der Waals surface area contributed by atoms with Crippen molar-refractivity contribution in [3.05, 3.63) is 0 Å². The third-order valence-electron chi connectivity index (χ3n) is 3.00. The van der Waals surface area contributed by atoms with Gasteiger partial charge in [-0.2, -0.15) is 0 Å². The van der Waals surface area contributed by atoms with Crippen LogP contribution in [-0.4, -0.2) is 28.7 Å². The molecule has 0 N–H and O–H groups in total. The van der Waals surface area contributed by atoms with E-state index in [9.17, 15) is 4.79 Å². The summed E-state index contributed by atoms with van der Waals surface area (Å²) in [5.74, 6) is 0.311. The first kappa shape index (κ1) is 13.0. The lowest BCUT2D eigenvalue weighted by molar-refractivity contribution is -0.130. The van der Waals surface area contributed by atoms with E-state index >= 15 is 0 Å². The molecule has 1 fully saturated rings. The molecule has 1 aliphatic heterocycles. The third-order valence-corrected chi connectivity index (χ3v) is 3.85. The molecule has 1 heterocycles. The number of halogens is 1. The number of hydrogen-bond donors (Lipinski definition) is 0. The SMILES string of the molecule is CCCCC(Br)C(=O)N1CCCCCC1. The average Bonchev–Trinajstić information content (AvgIpc) is 2.53. The van der Waals surface area contributed by atoms with Crippen molar-refractivity contribution >= 4 is 21.8 Å². The number of likely N-dealkylation sites (tertiary alicyclic amines) is 1. The van der Waals surface area contributed by atoms with Crippen LogP contribution in [0.1, 0.15) is 51.9 Å². The van der Waals surface area contributed by atoms with Gasteiger partial charge < -0.3 is 4.90 Å². The van der Waals surface area contributed by atoms with Gasteiger partial charge in [0.05, 0.1) is 4.83 Å². The molecule has 0 aliphatic carbocycles. The summed E-state index contributed by atoms with van der Waals surface area (Å²) in [4.78, 5) is 14.1. The van der Waals surface area contributed by atoms with Gasteiger partial charge in [0.25, 0.3) is 0 Å². The zero-order chi connectivity index (χ0) is 11.1. The van der Waals surface area contributed by atoms with Crippen molar-refractivity contribution in [3.63, 3.8) is 0 Å². The van der Waals surface area contributed by atoms with Crippen molar-refractivity contribution in [3.8, 4) is 0 Å². The minimum absolute atomic E-state index is 0.0514. The van der Waals surface area contributed by atoms with E-state index in [4.69, 9.17) is 0 Å². The molecule has 2 nitrogen and oxygen atoms in total. The molecule has 1 amide bonds. The second-order valence-electron chi connectivity index (χ2n) is 4.35. The highest BCUT2D eigenvalue weighted by Crippen LogP contribution is 2.16. The van der Waals surface area contributed by atoms with Gasteiger partial charge in [-0.25, -0.2) is 0 Å². The Morgan fingerprint density at radius 3 is 2.40 bits per heavy atom. The lowest BCUT2D eigenvalue weighted by Crippen LogP contribution is -2.37. The van der Waals surface area contributed by atoms with Crippen LogP contribution in [-0.2, 0) is 4.79 Å². The highest BCUT2D eigenvalue weighted by atomic mass is 79.9. The van der Waals surface area contributed by atoms with Gasteiger partial charge in [0.1, 0.15) is 0 Å². The molecule has 1 saturated heterocycles. The molecule has 15 heavy (non-hydrogen) atoms. The van der Waals surface area contributed by atoms with Gasteiger partial charge in [0.15, 0.2) is 0 Å². The smallest absolute Gasteiger partial charge is 0.236 e. The number of rotatable bonds is 4. The summed E-state index contributed by atoms with van der Waals surface area (Å²) in [6.45, 7) is 4.09. The Kier molecular flexibility index (Phi) is 6.30. The molecule has 1 unspecified atom stereocenters. The van der Waals surface area contributed by atoms with Gasteiger partial charge in [0, 0.05) is 13.1 Å². The largest absolute Gasteiger partial charge is 0.342 e. The number of alkyl halides is 1. The molecule has 0 radical (unpaired) electrons. The zero-order valence-electron chi connectivity index (χ0n) is 9.67. The predicted molar refractivity (Wildman–Crippen MR) is 67.3 cm³/mol. The molecule has 88 valence electrons. The van der Waals surface area contributed by atoms with Gasteiger partial charge >= 0.3 is 0 Å². The van der Waals surface area contributed by atoms with Crippen LogP contribution in [0.2, 0.25) is 0 Å². The van der Waals surface area contributed by atoms with Crippen LogP contribution in [0.15, 0.2) is 0 Å². The van der Waals surface area contributed by atoms with Crippen LogP contribution < -0.4 is 0 Å². The molecule has 0 bridgehead atoms. The van der Waals surface area contributed by atoms with Crippen LogP contribution in [0.4, 0.5) is 0 Å². The zero-order valence-corrected chi connectivity index (χ0v) is 11.3. The monoisotopic (exact) mass is 275 g/mol. The summed E-state index contributed by atoms with van der Waals surface area (Å²) in [6, 6.07) is 0. The topological polar surface area (TPSA) is 20.3 Å². The predicted octanol–water partition coefficient (Wildman–Crippen LogP) is 3.34. The van der Waals surface area contributed by atoms with Crippen LogP contribution in [0, 0.1) is 0 Å². The van der Waals surface area contributed by atoms with Crippen molar-refractivity contribution in [2.45, 2.75) is 56.7 Å². The quantitative estimate of drug-likeness (QED) is 0.721. The number of carbonyl (C=O) groups is 1. The minimum Gasteiger partial charge on any atom is -0.342 e. The van der Waals surface area contributed by atoms with Gasteiger partial charge in [-0.1, -0.05) is 48.5 Å². The summed E-state index contributed by atoms with van der Waals surface area (Å²) in [5.41, 5.74) is 0. The third kappa shape index (κ3) is 4.54. The van der Waals surface area contributed by atoms with Crippen LogP contribution in [0.5, 0.6) is 0 Å². The summed E-state index contributed by atoms with van der Waals surface area (Å²) in [7, 11) is 0. The maximum absolute atomic E-state index is 12.0. The van der Waals surface area contributed by atoms with Crippen LogP contribution in [0.25, 0.3) is 0 Å². The minimum atomic E-state index is 0.0514. The Hall–Kier alpha value is -0.0500. The normalized spacial score (nSPS) is 19.7. The first-order valence-electron chi connectivity index (χ1n) is 6.18. The van der Waals surface area contributed by atoms with E-state index in [1.807, 2.05) is 4.90 Å². The molecule has 1 rings (SSSR count). The summed E-state index contributed by atoms with van der Waals surface area (Å²) < 4.78 is 0. The Bertz CT molecular complexity index is 188.